The average molecular weight is 276 g/mol. The molecule has 0 heterocycles. The van der Waals surface area contributed by atoms with Gasteiger partial charge in [0, 0.05) is 5.56 Å². The van der Waals surface area contributed by atoms with Crippen molar-refractivity contribution in [2.75, 3.05) is 0 Å². The standard InChI is InChI=1S/C11H15BrFNO/c1-2-4-9(15)11(14)7-5-3-6-8(12)10(7)13/h3,5-6,9,11,15H,2,4,14H2,1H3/t9-,11+/m1/s1. The molecule has 0 aromatic heterocycles. The SMILES string of the molecule is CCC[C@@H](O)[C@@H](N)c1cccc(Br)c1F. The first kappa shape index (κ1) is 12.6. The Balaban J connectivity index is 2.90. The second kappa shape index (κ2) is 5.58. The van der Waals surface area contributed by atoms with Crippen LogP contribution in [0.5, 0.6) is 0 Å². The van der Waals surface area contributed by atoms with Crippen LogP contribution in [0.3, 0.4) is 0 Å². The van der Waals surface area contributed by atoms with E-state index >= 15 is 0 Å². The molecular weight excluding hydrogens is 261 g/mol. The fraction of sp³-hybridized carbons (Fsp3) is 0.455. The van der Waals surface area contributed by atoms with E-state index in [2.05, 4.69) is 15.9 Å². The third kappa shape index (κ3) is 3.00. The Morgan fingerprint density at radius 2 is 2.20 bits per heavy atom. The highest BCUT2D eigenvalue weighted by molar-refractivity contribution is 9.10. The van der Waals surface area contributed by atoms with E-state index in [-0.39, 0.29) is 5.82 Å². The number of rotatable bonds is 4. The molecule has 0 saturated heterocycles. The number of aliphatic hydroxyl groups is 1. The Morgan fingerprint density at radius 1 is 1.53 bits per heavy atom. The Kier molecular flexibility index (Phi) is 4.70. The van der Waals surface area contributed by atoms with Crippen molar-refractivity contribution in [1.29, 1.82) is 0 Å². The summed E-state index contributed by atoms with van der Waals surface area (Å²) in [6.07, 6.45) is 0.705. The van der Waals surface area contributed by atoms with Crippen LogP contribution in [0.1, 0.15) is 31.4 Å². The van der Waals surface area contributed by atoms with Gasteiger partial charge in [0.25, 0.3) is 0 Å². The minimum Gasteiger partial charge on any atom is -0.391 e. The highest BCUT2D eigenvalue weighted by Crippen LogP contribution is 2.25. The summed E-state index contributed by atoms with van der Waals surface area (Å²) in [5.41, 5.74) is 6.14. The lowest BCUT2D eigenvalue weighted by molar-refractivity contribution is 0.133. The molecule has 84 valence electrons. The predicted octanol–water partition coefficient (Wildman–Crippen LogP) is 2.75. The molecule has 2 atom stereocenters. The molecule has 1 aromatic carbocycles. The van der Waals surface area contributed by atoms with Gasteiger partial charge in [0.05, 0.1) is 16.6 Å². The smallest absolute Gasteiger partial charge is 0.142 e. The topological polar surface area (TPSA) is 46.2 Å². The van der Waals surface area contributed by atoms with Crippen molar-refractivity contribution in [2.45, 2.75) is 31.9 Å². The number of aliphatic hydroxyl groups excluding tert-OH is 1. The summed E-state index contributed by atoms with van der Waals surface area (Å²) >= 11 is 3.09. The third-order valence-electron chi connectivity index (χ3n) is 2.34. The number of benzene rings is 1. The molecule has 15 heavy (non-hydrogen) atoms. The molecule has 1 rings (SSSR count). The average Bonchev–Trinajstić information content (AvgIpc) is 2.21. The maximum absolute atomic E-state index is 13.6. The lowest BCUT2D eigenvalue weighted by atomic mass is 9.99. The Labute approximate surface area is 97.4 Å². The first-order chi connectivity index (χ1) is 7.07. The maximum Gasteiger partial charge on any atom is 0.142 e. The van der Waals surface area contributed by atoms with Gasteiger partial charge in [-0.3, -0.25) is 0 Å². The van der Waals surface area contributed by atoms with Crippen molar-refractivity contribution in [3.05, 3.63) is 34.1 Å². The van der Waals surface area contributed by atoms with Gasteiger partial charge in [0.2, 0.25) is 0 Å². The van der Waals surface area contributed by atoms with Crippen LogP contribution in [0.4, 0.5) is 4.39 Å². The zero-order valence-corrected chi connectivity index (χ0v) is 10.2. The van der Waals surface area contributed by atoms with Crippen LogP contribution in [0, 0.1) is 5.82 Å². The van der Waals surface area contributed by atoms with E-state index < -0.39 is 12.1 Å². The van der Waals surface area contributed by atoms with Gasteiger partial charge < -0.3 is 10.8 Å². The molecular formula is C11H15BrFNO. The van der Waals surface area contributed by atoms with Crippen molar-refractivity contribution in [1.82, 2.24) is 0 Å². The summed E-state index contributed by atoms with van der Waals surface area (Å²) < 4.78 is 14.0. The highest BCUT2D eigenvalue weighted by Gasteiger charge is 2.20. The molecule has 0 aliphatic rings. The maximum atomic E-state index is 13.6. The van der Waals surface area contributed by atoms with Crippen LogP contribution in [-0.4, -0.2) is 11.2 Å². The second-order valence-electron chi connectivity index (χ2n) is 3.52. The number of hydrogen-bond acceptors (Lipinski definition) is 2. The molecule has 2 nitrogen and oxygen atoms in total. The minimum atomic E-state index is -0.696. The van der Waals surface area contributed by atoms with Gasteiger partial charge in [-0.2, -0.15) is 0 Å². The molecule has 0 fully saturated rings. The molecule has 1 aromatic rings. The summed E-state index contributed by atoms with van der Waals surface area (Å²) in [6, 6.07) is 4.25. The zero-order valence-electron chi connectivity index (χ0n) is 8.58. The van der Waals surface area contributed by atoms with Crippen LogP contribution in [0.25, 0.3) is 0 Å². The zero-order chi connectivity index (χ0) is 11.4. The fourth-order valence-corrected chi connectivity index (χ4v) is 1.84. The van der Waals surface area contributed by atoms with Gasteiger partial charge in [-0.15, -0.1) is 0 Å². The minimum absolute atomic E-state index is 0.352. The molecule has 0 spiro atoms. The molecule has 0 unspecified atom stereocenters. The summed E-state index contributed by atoms with van der Waals surface area (Å²) in [7, 11) is 0. The Bertz CT molecular complexity index is 332. The fourth-order valence-electron chi connectivity index (χ4n) is 1.46. The van der Waals surface area contributed by atoms with Crippen LogP contribution in [0.15, 0.2) is 22.7 Å². The number of halogens is 2. The summed E-state index contributed by atoms with van der Waals surface area (Å²) in [4.78, 5) is 0. The largest absolute Gasteiger partial charge is 0.391 e. The van der Waals surface area contributed by atoms with Gasteiger partial charge in [0.1, 0.15) is 5.82 Å². The van der Waals surface area contributed by atoms with Crippen LogP contribution < -0.4 is 5.73 Å². The molecule has 0 radical (unpaired) electrons. The van der Waals surface area contributed by atoms with Gasteiger partial charge in [0.15, 0.2) is 0 Å². The lowest BCUT2D eigenvalue weighted by Gasteiger charge is -2.19. The number of hydrogen-bond donors (Lipinski definition) is 2. The predicted molar refractivity (Wildman–Crippen MR) is 61.9 cm³/mol. The van der Waals surface area contributed by atoms with Crippen molar-refractivity contribution >= 4 is 15.9 Å². The molecule has 0 amide bonds. The van der Waals surface area contributed by atoms with E-state index in [0.29, 0.717) is 16.5 Å². The number of nitrogens with two attached hydrogens (primary N) is 1. The van der Waals surface area contributed by atoms with Gasteiger partial charge in [-0.25, -0.2) is 4.39 Å². The molecule has 0 bridgehead atoms. The van der Waals surface area contributed by atoms with E-state index in [1.54, 1.807) is 18.2 Å². The van der Waals surface area contributed by atoms with Crippen LogP contribution in [0.2, 0.25) is 0 Å². The van der Waals surface area contributed by atoms with Crippen molar-refractivity contribution in [3.63, 3.8) is 0 Å². The van der Waals surface area contributed by atoms with E-state index in [4.69, 9.17) is 5.73 Å². The van der Waals surface area contributed by atoms with Crippen LogP contribution >= 0.6 is 15.9 Å². The molecule has 4 heteroatoms. The molecule has 3 N–H and O–H groups in total. The van der Waals surface area contributed by atoms with Gasteiger partial charge >= 0.3 is 0 Å². The van der Waals surface area contributed by atoms with E-state index in [0.717, 1.165) is 6.42 Å². The first-order valence-corrected chi connectivity index (χ1v) is 5.74. The van der Waals surface area contributed by atoms with Crippen molar-refractivity contribution in [3.8, 4) is 0 Å². The Morgan fingerprint density at radius 3 is 2.80 bits per heavy atom. The molecule has 0 aliphatic heterocycles. The molecule has 0 aliphatic carbocycles. The lowest BCUT2D eigenvalue weighted by Crippen LogP contribution is -2.26. The molecule has 0 saturated carbocycles. The van der Waals surface area contributed by atoms with Crippen molar-refractivity contribution < 1.29 is 9.50 Å². The summed E-state index contributed by atoms with van der Waals surface area (Å²) in [5.74, 6) is -0.389. The van der Waals surface area contributed by atoms with Crippen LogP contribution in [-0.2, 0) is 0 Å². The summed E-state index contributed by atoms with van der Waals surface area (Å²) in [6.45, 7) is 1.95. The van der Waals surface area contributed by atoms with Crippen molar-refractivity contribution in [2.24, 2.45) is 5.73 Å². The van der Waals surface area contributed by atoms with Gasteiger partial charge in [-0.1, -0.05) is 25.5 Å². The summed E-state index contributed by atoms with van der Waals surface area (Å²) in [5, 5.41) is 9.68. The quantitative estimate of drug-likeness (QED) is 0.888. The monoisotopic (exact) mass is 275 g/mol. The van der Waals surface area contributed by atoms with E-state index in [9.17, 15) is 9.50 Å². The van der Waals surface area contributed by atoms with E-state index in [1.807, 2.05) is 6.92 Å². The van der Waals surface area contributed by atoms with E-state index in [1.165, 1.54) is 0 Å². The second-order valence-corrected chi connectivity index (χ2v) is 4.38. The Hall–Kier alpha value is -0.450. The first-order valence-electron chi connectivity index (χ1n) is 4.95. The van der Waals surface area contributed by atoms with Gasteiger partial charge in [-0.05, 0) is 28.4 Å². The normalized spacial score (nSPS) is 15.0. The highest BCUT2D eigenvalue weighted by atomic mass is 79.9. The third-order valence-corrected chi connectivity index (χ3v) is 2.95.